The van der Waals surface area contributed by atoms with E-state index in [1.165, 1.54) is 29.3 Å². The van der Waals surface area contributed by atoms with Gasteiger partial charge in [0.2, 0.25) is 0 Å². The van der Waals surface area contributed by atoms with Crippen LogP contribution in [0, 0.1) is 10.1 Å². The van der Waals surface area contributed by atoms with Crippen LogP contribution in [-0.2, 0) is 27.2 Å². The average Bonchev–Trinajstić information content (AvgIpc) is 3.19. The number of amides is 1. The van der Waals surface area contributed by atoms with Crippen molar-refractivity contribution in [2.45, 2.75) is 32.1 Å². The number of Topliss-reactive ketones (excluding diaryl/α,β-unsaturated/α-hetero) is 1. The molecular formula is C21H19BrN2O6. The van der Waals surface area contributed by atoms with Crippen molar-refractivity contribution >= 4 is 45.0 Å². The normalized spacial score (nSPS) is 12.2. The Bertz CT molecular complexity index is 1020. The fraction of sp³-hybridized carbons (Fsp3) is 0.286. The first kappa shape index (κ1) is 21.6. The molecule has 9 heteroatoms. The van der Waals surface area contributed by atoms with Crippen LogP contribution in [0.3, 0.4) is 0 Å². The molecule has 156 valence electrons. The van der Waals surface area contributed by atoms with Gasteiger partial charge in [0.1, 0.15) is 0 Å². The van der Waals surface area contributed by atoms with Gasteiger partial charge in [-0.1, -0.05) is 12.1 Å². The van der Waals surface area contributed by atoms with Gasteiger partial charge in [0.25, 0.3) is 11.6 Å². The molecule has 3 rings (SSSR count). The number of ketones is 1. The van der Waals surface area contributed by atoms with Crippen molar-refractivity contribution in [1.29, 1.82) is 0 Å². The maximum absolute atomic E-state index is 12.3. The Morgan fingerprint density at radius 3 is 2.57 bits per heavy atom. The lowest BCUT2D eigenvalue weighted by Crippen LogP contribution is -2.21. The van der Waals surface area contributed by atoms with Crippen LogP contribution in [-0.4, -0.2) is 29.2 Å². The third-order valence-corrected chi connectivity index (χ3v) is 5.43. The Morgan fingerprint density at radius 2 is 1.83 bits per heavy atom. The van der Waals surface area contributed by atoms with Crippen molar-refractivity contribution in [2.75, 3.05) is 11.9 Å². The first-order chi connectivity index (χ1) is 14.3. The number of nitro groups is 1. The van der Waals surface area contributed by atoms with Crippen LogP contribution in [0.2, 0.25) is 0 Å². The Kier molecular flexibility index (Phi) is 6.94. The van der Waals surface area contributed by atoms with Gasteiger partial charge in [0, 0.05) is 28.6 Å². The minimum absolute atomic E-state index is 0.00708. The number of nitrogens with one attached hydrogen (secondary N) is 1. The molecule has 0 fully saturated rings. The zero-order chi connectivity index (χ0) is 21.7. The number of nitrogens with zero attached hydrogens (tertiary/aromatic N) is 1. The highest BCUT2D eigenvalue weighted by molar-refractivity contribution is 9.10. The number of non-ortho nitro benzene ring substituents is 1. The minimum Gasteiger partial charge on any atom is -0.456 e. The van der Waals surface area contributed by atoms with Crippen molar-refractivity contribution in [3.05, 3.63) is 67.7 Å². The number of carbonyl (C=O) groups is 3. The highest BCUT2D eigenvalue weighted by Crippen LogP contribution is 2.27. The molecule has 0 spiro atoms. The maximum Gasteiger partial charge on any atom is 0.306 e. The molecule has 2 aromatic carbocycles. The Hall–Kier alpha value is -3.07. The topological polar surface area (TPSA) is 116 Å². The third-order valence-electron chi connectivity index (χ3n) is 4.78. The second-order valence-electron chi connectivity index (χ2n) is 6.89. The molecule has 1 N–H and O–H groups in total. The number of hydrogen-bond donors (Lipinski definition) is 1. The summed E-state index contributed by atoms with van der Waals surface area (Å²) in [5.74, 6) is -1.38. The number of rotatable bonds is 8. The number of anilines is 1. The standard InChI is InChI=1S/C21H19BrN2O6/c22-17-11-16(24(28)29)6-7-18(17)23-20(26)12-30-21(27)9-8-19(25)15-5-4-13-2-1-3-14(13)10-15/h4-7,10-11H,1-3,8-9,12H2,(H,23,26). The molecule has 0 radical (unpaired) electrons. The van der Waals surface area contributed by atoms with Gasteiger partial charge in [-0.2, -0.15) is 0 Å². The molecule has 0 unspecified atom stereocenters. The molecule has 1 aliphatic carbocycles. The van der Waals surface area contributed by atoms with Crippen LogP contribution in [0.4, 0.5) is 11.4 Å². The van der Waals surface area contributed by atoms with Crippen LogP contribution < -0.4 is 5.32 Å². The van der Waals surface area contributed by atoms with Gasteiger partial charge in [-0.05, 0) is 58.5 Å². The van der Waals surface area contributed by atoms with E-state index in [4.69, 9.17) is 4.74 Å². The molecule has 0 saturated heterocycles. The number of fused-ring (bicyclic) bond motifs is 1. The van der Waals surface area contributed by atoms with Crippen LogP contribution in [0.25, 0.3) is 0 Å². The molecule has 2 aromatic rings. The van der Waals surface area contributed by atoms with E-state index < -0.39 is 23.4 Å². The predicted molar refractivity (Wildman–Crippen MR) is 112 cm³/mol. The monoisotopic (exact) mass is 474 g/mol. The number of nitro benzene ring substituents is 1. The molecule has 0 atom stereocenters. The average molecular weight is 475 g/mol. The molecule has 1 amide bonds. The zero-order valence-corrected chi connectivity index (χ0v) is 17.6. The summed E-state index contributed by atoms with van der Waals surface area (Å²) in [5, 5.41) is 13.2. The predicted octanol–water partition coefficient (Wildman–Crippen LogP) is 3.99. The Balaban J connectivity index is 1.43. The van der Waals surface area contributed by atoms with Crippen LogP contribution in [0.1, 0.15) is 40.7 Å². The van der Waals surface area contributed by atoms with E-state index in [1.807, 2.05) is 12.1 Å². The van der Waals surface area contributed by atoms with E-state index in [2.05, 4.69) is 21.2 Å². The van der Waals surface area contributed by atoms with Crippen LogP contribution in [0.15, 0.2) is 40.9 Å². The van der Waals surface area contributed by atoms with Crippen LogP contribution >= 0.6 is 15.9 Å². The van der Waals surface area contributed by atoms with E-state index in [1.54, 1.807) is 6.07 Å². The molecule has 30 heavy (non-hydrogen) atoms. The third kappa shape index (κ3) is 5.50. The Morgan fingerprint density at radius 1 is 1.07 bits per heavy atom. The summed E-state index contributed by atoms with van der Waals surface area (Å²) in [4.78, 5) is 46.3. The van der Waals surface area contributed by atoms with Crippen LogP contribution in [0.5, 0.6) is 0 Å². The second kappa shape index (κ2) is 9.62. The molecule has 0 aliphatic heterocycles. The zero-order valence-electron chi connectivity index (χ0n) is 16.0. The number of benzene rings is 2. The molecule has 0 aromatic heterocycles. The van der Waals surface area contributed by atoms with Gasteiger partial charge in [-0.15, -0.1) is 0 Å². The van der Waals surface area contributed by atoms with Crippen molar-refractivity contribution in [3.63, 3.8) is 0 Å². The van der Waals surface area contributed by atoms with E-state index in [-0.39, 0.29) is 24.3 Å². The molecule has 0 bridgehead atoms. The van der Waals surface area contributed by atoms with Gasteiger partial charge in [0.15, 0.2) is 12.4 Å². The molecule has 0 heterocycles. The second-order valence-corrected chi connectivity index (χ2v) is 7.74. The summed E-state index contributed by atoms with van der Waals surface area (Å²) in [6.07, 6.45) is 2.99. The minimum atomic E-state index is -0.651. The highest BCUT2D eigenvalue weighted by atomic mass is 79.9. The number of esters is 1. The smallest absolute Gasteiger partial charge is 0.306 e. The lowest BCUT2D eigenvalue weighted by atomic mass is 10.0. The number of carbonyl (C=O) groups excluding carboxylic acids is 3. The number of ether oxygens (including phenoxy) is 1. The fourth-order valence-electron chi connectivity index (χ4n) is 3.23. The number of halogens is 1. The van der Waals surface area contributed by atoms with Gasteiger partial charge in [0.05, 0.1) is 17.0 Å². The largest absolute Gasteiger partial charge is 0.456 e. The van der Waals surface area contributed by atoms with Gasteiger partial charge >= 0.3 is 5.97 Å². The van der Waals surface area contributed by atoms with E-state index in [0.29, 0.717) is 15.7 Å². The summed E-state index contributed by atoms with van der Waals surface area (Å²) >= 11 is 3.14. The van der Waals surface area contributed by atoms with E-state index >= 15 is 0 Å². The summed E-state index contributed by atoms with van der Waals surface area (Å²) < 4.78 is 5.24. The fourth-order valence-corrected chi connectivity index (χ4v) is 3.69. The number of hydrogen-bond acceptors (Lipinski definition) is 6. The molecular weight excluding hydrogens is 456 g/mol. The van der Waals surface area contributed by atoms with Gasteiger partial charge in [-0.25, -0.2) is 0 Å². The first-order valence-electron chi connectivity index (χ1n) is 9.38. The maximum atomic E-state index is 12.3. The SMILES string of the molecule is O=C(COC(=O)CCC(=O)c1ccc2c(c1)CCC2)Nc1ccc([N+](=O)[O-])cc1Br. The summed E-state index contributed by atoms with van der Waals surface area (Å²) in [5.41, 5.74) is 3.24. The van der Waals surface area contributed by atoms with Gasteiger partial charge < -0.3 is 10.1 Å². The van der Waals surface area contributed by atoms with E-state index in [0.717, 1.165) is 19.3 Å². The van der Waals surface area contributed by atoms with E-state index in [9.17, 15) is 24.5 Å². The Labute approximate surface area is 180 Å². The molecule has 1 aliphatic rings. The molecule has 8 nitrogen and oxygen atoms in total. The lowest BCUT2D eigenvalue weighted by Gasteiger charge is -2.08. The summed E-state index contributed by atoms with van der Waals surface area (Å²) in [6, 6.07) is 9.52. The lowest BCUT2D eigenvalue weighted by molar-refractivity contribution is -0.384. The van der Waals surface area contributed by atoms with Crippen molar-refractivity contribution in [3.8, 4) is 0 Å². The molecule has 0 saturated carbocycles. The van der Waals surface area contributed by atoms with Crippen molar-refractivity contribution < 1.29 is 24.0 Å². The first-order valence-corrected chi connectivity index (χ1v) is 10.2. The van der Waals surface area contributed by atoms with Gasteiger partial charge in [-0.3, -0.25) is 24.5 Å². The summed E-state index contributed by atoms with van der Waals surface area (Å²) in [7, 11) is 0. The highest BCUT2D eigenvalue weighted by Gasteiger charge is 2.16. The van der Waals surface area contributed by atoms with Crippen molar-refractivity contribution in [2.24, 2.45) is 0 Å². The quantitative estimate of drug-likeness (QED) is 0.267. The summed E-state index contributed by atoms with van der Waals surface area (Å²) in [6.45, 7) is -0.519. The number of aryl methyl sites for hydroxylation is 2. The van der Waals surface area contributed by atoms with Crippen molar-refractivity contribution in [1.82, 2.24) is 0 Å².